The first-order valence-corrected chi connectivity index (χ1v) is 2.53. The molecule has 0 fully saturated rings. The third kappa shape index (κ3) is 35.4. The van der Waals surface area contributed by atoms with Gasteiger partial charge in [-0.05, 0) is 0 Å². The van der Waals surface area contributed by atoms with Crippen molar-refractivity contribution in [1.29, 1.82) is 0 Å². The van der Waals surface area contributed by atoms with Gasteiger partial charge < -0.3 is 4.46 Å². The van der Waals surface area contributed by atoms with E-state index in [1.807, 2.05) is 0 Å². The standard InChI is InChI=1S/C4H10.OSi/c1-3-4-2;1-2/h3-4H2,1-2H3;. The Morgan fingerprint density at radius 1 is 1.17 bits per heavy atom. The smallest absolute Gasteiger partial charge is 0.381 e. The normalized spacial score (nSPS) is 5.67. The molecule has 0 aliphatic carbocycles. The van der Waals surface area contributed by atoms with E-state index in [0.717, 1.165) is 0 Å². The molecule has 0 aliphatic heterocycles. The van der Waals surface area contributed by atoms with Crippen LogP contribution in [0.25, 0.3) is 0 Å². The van der Waals surface area contributed by atoms with Crippen molar-refractivity contribution in [2.45, 2.75) is 26.7 Å². The second-order valence-corrected chi connectivity index (χ2v) is 1.000. The molecule has 0 atom stereocenters. The average molecular weight is 102 g/mol. The molecule has 0 saturated carbocycles. The summed E-state index contributed by atoms with van der Waals surface area (Å²) < 4.78 is 8.06. The van der Waals surface area contributed by atoms with Gasteiger partial charge in [-0.1, -0.05) is 26.7 Å². The van der Waals surface area contributed by atoms with Gasteiger partial charge in [0.25, 0.3) is 0 Å². The first kappa shape index (κ1) is 9.39. The van der Waals surface area contributed by atoms with Crippen molar-refractivity contribution in [2.75, 3.05) is 0 Å². The fourth-order valence-corrected chi connectivity index (χ4v) is 0. The van der Waals surface area contributed by atoms with Gasteiger partial charge in [-0.3, -0.25) is 0 Å². The summed E-state index contributed by atoms with van der Waals surface area (Å²) in [6.45, 7) is 4.36. The first-order chi connectivity index (χ1) is 2.91. The molecule has 0 aromatic rings. The minimum absolute atomic E-state index is 1.32. The summed E-state index contributed by atoms with van der Waals surface area (Å²) in [5.41, 5.74) is 0. The quantitative estimate of drug-likeness (QED) is 0.456. The Morgan fingerprint density at radius 2 is 1.33 bits per heavy atom. The van der Waals surface area contributed by atoms with Gasteiger partial charge in [-0.15, -0.1) is 0 Å². The Kier molecular flexibility index (Phi) is 31.1. The zero-order valence-corrected chi connectivity index (χ0v) is 5.32. The molecule has 0 rings (SSSR count). The van der Waals surface area contributed by atoms with Crippen LogP contribution in [0.3, 0.4) is 0 Å². The molecule has 0 amide bonds. The lowest BCUT2D eigenvalue weighted by atomic mass is 10.4. The van der Waals surface area contributed by atoms with Crippen LogP contribution in [0.15, 0.2) is 0 Å². The van der Waals surface area contributed by atoms with E-state index in [1.165, 1.54) is 12.8 Å². The summed E-state index contributed by atoms with van der Waals surface area (Å²) in [6.07, 6.45) is 2.64. The van der Waals surface area contributed by atoms with Crippen molar-refractivity contribution in [3.8, 4) is 0 Å². The highest BCUT2D eigenvalue weighted by molar-refractivity contribution is 5.85. The second-order valence-electron chi connectivity index (χ2n) is 1.000. The monoisotopic (exact) mass is 102 g/mol. The summed E-state index contributed by atoms with van der Waals surface area (Å²) in [4.78, 5) is 0. The summed E-state index contributed by atoms with van der Waals surface area (Å²) in [5, 5.41) is 0. The third-order valence-electron chi connectivity index (χ3n) is 0.500. The molecule has 2 radical (unpaired) electrons. The fourth-order valence-electron chi connectivity index (χ4n) is 0. The van der Waals surface area contributed by atoms with E-state index in [0.29, 0.717) is 0 Å². The summed E-state index contributed by atoms with van der Waals surface area (Å²) >= 11 is 0. The zero-order chi connectivity index (χ0) is 5.41. The van der Waals surface area contributed by atoms with Gasteiger partial charge in [0.05, 0.1) is 0 Å². The Labute approximate surface area is 42.2 Å². The van der Waals surface area contributed by atoms with E-state index < -0.39 is 0 Å². The maximum Gasteiger partial charge on any atom is 0.381 e. The zero-order valence-electron chi connectivity index (χ0n) is 4.32. The molecule has 0 saturated heterocycles. The molecule has 0 heterocycles. The van der Waals surface area contributed by atoms with Crippen LogP contribution in [-0.2, 0) is 4.46 Å². The van der Waals surface area contributed by atoms with Gasteiger partial charge in [0.1, 0.15) is 0 Å². The molecule has 1 nitrogen and oxygen atoms in total. The van der Waals surface area contributed by atoms with E-state index in [1.54, 1.807) is 10.1 Å². The second kappa shape index (κ2) is 19.9. The third-order valence-corrected chi connectivity index (χ3v) is 0.500. The lowest BCUT2D eigenvalue weighted by Gasteiger charge is -1.68. The van der Waals surface area contributed by atoms with Gasteiger partial charge in [0.15, 0.2) is 0 Å². The fraction of sp³-hybridized carbons (Fsp3) is 1.00. The highest BCUT2D eigenvalue weighted by Gasteiger charge is 1.56. The topological polar surface area (TPSA) is 17.1 Å². The predicted octanol–water partition coefficient (Wildman–Crippen LogP) is 1.31. The molecule has 0 aromatic carbocycles. The van der Waals surface area contributed by atoms with E-state index in [9.17, 15) is 0 Å². The lowest BCUT2D eigenvalue weighted by molar-refractivity contribution is 0.590. The van der Waals surface area contributed by atoms with Gasteiger partial charge in [-0.2, -0.15) is 0 Å². The highest BCUT2D eigenvalue weighted by Crippen LogP contribution is 1.76. The molecule has 0 aliphatic rings. The van der Waals surface area contributed by atoms with Crippen LogP contribution < -0.4 is 0 Å². The summed E-state index contributed by atoms with van der Waals surface area (Å²) in [7, 11) is 1.72. The van der Waals surface area contributed by atoms with Crippen LogP contribution in [0, 0.1) is 0 Å². The average Bonchev–Trinajstić information content (AvgIpc) is 1.72. The van der Waals surface area contributed by atoms with Crippen molar-refractivity contribution in [1.82, 2.24) is 0 Å². The first-order valence-electron chi connectivity index (χ1n) is 2.12. The predicted molar refractivity (Wildman–Crippen MR) is 27.0 cm³/mol. The van der Waals surface area contributed by atoms with E-state index in [-0.39, 0.29) is 0 Å². The highest BCUT2D eigenvalue weighted by atomic mass is 28.1. The lowest BCUT2D eigenvalue weighted by Crippen LogP contribution is -1.47. The Balaban J connectivity index is 0. The number of hydrogen-bond donors (Lipinski definition) is 0. The van der Waals surface area contributed by atoms with E-state index in [2.05, 4.69) is 13.8 Å². The SMILES string of the molecule is CCCC.O=[Si]. The Bertz CT molecular complexity index is 15.0. The van der Waals surface area contributed by atoms with Gasteiger partial charge >= 0.3 is 10.1 Å². The number of rotatable bonds is 1. The molecule has 2 heteroatoms. The minimum Gasteiger partial charge on any atom is -0.381 e. The number of hydrogen-bond acceptors (Lipinski definition) is 1. The molecule has 0 spiro atoms. The molecule has 0 unspecified atom stereocenters. The summed E-state index contributed by atoms with van der Waals surface area (Å²) in [6, 6.07) is 0. The van der Waals surface area contributed by atoms with Gasteiger partial charge in [-0.25, -0.2) is 0 Å². The van der Waals surface area contributed by atoms with Crippen molar-refractivity contribution in [3.63, 3.8) is 0 Å². The van der Waals surface area contributed by atoms with Crippen LogP contribution in [0.2, 0.25) is 0 Å². The summed E-state index contributed by atoms with van der Waals surface area (Å²) in [5.74, 6) is 0. The van der Waals surface area contributed by atoms with Gasteiger partial charge in [0.2, 0.25) is 0 Å². The Morgan fingerprint density at radius 3 is 1.33 bits per heavy atom. The maximum absolute atomic E-state index is 8.06. The molecule has 36 valence electrons. The maximum atomic E-state index is 8.06. The largest absolute Gasteiger partial charge is 0.381 e. The van der Waals surface area contributed by atoms with Crippen molar-refractivity contribution < 1.29 is 4.46 Å². The van der Waals surface area contributed by atoms with E-state index >= 15 is 0 Å². The van der Waals surface area contributed by atoms with Crippen LogP contribution in [0.1, 0.15) is 26.7 Å². The Hall–Kier alpha value is 0.0169. The van der Waals surface area contributed by atoms with Crippen LogP contribution in [0.5, 0.6) is 0 Å². The molecular weight excluding hydrogens is 92.1 g/mol. The molecule has 0 bridgehead atoms. The molecule has 0 N–H and O–H groups in total. The van der Waals surface area contributed by atoms with Crippen LogP contribution >= 0.6 is 0 Å². The molecular formula is C4H10OSi. The number of unbranched alkanes of at least 4 members (excludes halogenated alkanes) is 1. The molecule has 0 aromatic heterocycles. The van der Waals surface area contributed by atoms with Crippen LogP contribution in [-0.4, -0.2) is 10.1 Å². The van der Waals surface area contributed by atoms with Crippen molar-refractivity contribution >= 4 is 10.1 Å². The molecule has 6 heavy (non-hydrogen) atoms. The van der Waals surface area contributed by atoms with Crippen LogP contribution in [0.4, 0.5) is 0 Å². The van der Waals surface area contributed by atoms with Crippen molar-refractivity contribution in [3.05, 3.63) is 0 Å². The van der Waals surface area contributed by atoms with E-state index in [4.69, 9.17) is 4.46 Å². The van der Waals surface area contributed by atoms with Gasteiger partial charge in [0, 0.05) is 0 Å². The minimum atomic E-state index is 1.32. The van der Waals surface area contributed by atoms with Crippen molar-refractivity contribution in [2.24, 2.45) is 0 Å².